The Balaban J connectivity index is 1.81. The van der Waals surface area contributed by atoms with Crippen molar-refractivity contribution in [3.8, 4) is 12.3 Å². The van der Waals surface area contributed by atoms with Crippen molar-refractivity contribution in [1.82, 2.24) is 0 Å². The van der Waals surface area contributed by atoms with Crippen LogP contribution in [0, 0.1) is 12.3 Å². The normalized spacial score (nSPS) is 10.3. The monoisotopic (exact) mass is 336 g/mol. The van der Waals surface area contributed by atoms with Gasteiger partial charge in [-0.3, -0.25) is 0 Å². The van der Waals surface area contributed by atoms with Gasteiger partial charge in [0.1, 0.15) is 13.2 Å². The zero-order valence-electron chi connectivity index (χ0n) is 13.8. The summed E-state index contributed by atoms with van der Waals surface area (Å²) in [4.78, 5) is 11.6. The maximum Gasteiger partial charge on any atom is 0.338 e. The number of esters is 1. The molecular weight excluding hydrogens is 312 g/mol. The Morgan fingerprint density at radius 2 is 1.29 bits per heavy atom. The number of benzene rings is 1. The quantitative estimate of drug-likeness (QED) is 0.292. The second-order valence-corrected chi connectivity index (χ2v) is 4.60. The molecule has 0 unspecified atom stereocenters. The van der Waals surface area contributed by atoms with Crippen LogP contribution in [-0.2, 0) is 23.7 Å². The van der Waals surface area contributed by atoms with E-state index in [0.29, 0.717) is 58.4 Å². The molecule has 24 heavy (non-hydrogen) atoms. The topological polar surface area (TPSA) is 63.2 Å². The summed E-state index contributed by atoms with van der Waals surface area (Å²) in [6.07, 6.45) is 5.04. The number of terminal acetylenes is 1. The van der Waals surface area contributed by atoms with Crippen LogP contribution in [-0.4, -0.2) is 65.4 Å². The van der Waals surface area contributed by atoms with E-state index in [2.05, 4.69) is 5.92 Å². The number of rotatable bonds is 14. The summed E-state index contributed by atoms with van der Waals surface area (Å²) < 4.78 is 26.0. The van der Waals surface area contributed by atoms with Gasteiger partial charge in [-0.05, 0) is 12.1 Å². The molecule has 0 aliphatic carbocycles. The molecule has 0 aliphatic rings. The minimum absolute atomic E-state index is 0.217. The van der Waals surface area contributed by atoms with Crippen molar-refractivity contribution in [3.63, 3.8) is 0 Å². The van der Waals surface area contributed by atoms with E-state index in [1.54, 1.807) is 24.3 Å². The van der Waals surface area contributed by atoms with Crippen molar-refractivity contribution >= 4 is 5.97 Å². The average molecular weight is 336 g/mol. The number of carbonyl (C=O) groups excluding carboxylic acids is 1. The summed E-state index contributed by atoms with van der Waals surface area (Å²) in [7, 11) is 0. The largest absolute Gasteiger partial charge is 0.460 e. The molecule has 1 rings (SSSR count). The third-order valence-electron chi connectivity index (χ3n) is 2.77. The highest BCUT2D eigenvalue weighted by Gasteiger charge is 2.04. The van der Waals surface area contributed by atoms with Crippen molar-refractivity contribution in [1.29, 1.82) is 0 Å². The summed E-state index contributed by atoms with van der Waals surface area (Å²) in [6, 6.07) is 8.84. The van der Waals surface area contributed by atoms with Crippen LogP contribution in [0.3, 0.4) is 0 Å². The fourth-order valence-corrected chi connectivity index (χ4v) is 1.64. The molecule has 6 heteroatoms. The second-order valence-electron chi connectivity index (χ2n) is 4.60. The van der Waals surface area contributed by atoms with Gasteiger partial charge in [0.15, 0.2) is 0 Å². The fourth-order valence-electron chi connectivity index (χ4n) is 1.64. The van der Waals surface area contributed by atoms with Crippen LogP contribution >= 0.6 is 0 Å². The van der Waals surface area contributed by atoms with Crippen molar-refractivity contribution in [2.45, 2.75) is 0 Å². The third kappa shape index (κ3) is 10.8. The van der Waals surface area contributed by atoms with Crippen molar-refractivity contribution < 1.29 is 28.5 Å². The van der Waals surface area contributed by atoms with Crippen molar-refractivity contribution in [2.75, 3.05) is 59.5 Å². The molecule has 1 aromatic carbocycles. The number of hydrogen-bond donors (Lipinski definition) is 0. The Hall–Kier alpha value is -1.91. The van der Waals surface area contributed by atoms with Crippen LogP contribution < -0.4 is 0 Å². The molecule has 0 fully saturated rings. The van der Waals surface area contributed by atoms with Crippen LogP contribution in [0.4, 0.5) is 0 Å². The van der Waals surface area contributed by atoms with Gasteiger partial charge in [-0.2, -0.15) is 0 Å². The summed E-state index contributed by atoms with van der Waals surface area (Å²) in [6.45, 7) is 3.72. The van der Waals surface area contributed by atoms with E-state index in [-0.39, 0.29) is 12.6 Å². The van der Waals surface area contributed by atoms with Crippen molar-refractivity contribution in [2.24, 2.45) is 0 Å². The average Bonchev–Trinajstić information content (AvgIpc) is 2.62. The highest BCUT2D eigenvalue weighted by molar-refractivity contribution is 5.89. The van der Waals surface area contributed by atoms with E-state index in [0.717, 1.165) is 0 Å². The molecule has 0 amide bonds. The van der Waals surface area contributed by atoms with E-state index in [1.807, 2.05) is 6.07 Å². The Kier molecular flexibility index (Phi) is 12.3. The van der Waals surface area contributed by atoms with Gasteiger partial charge in [-0.15, -0.1) is 6.42 Å². The summed E-state index contributed by atoms with van der Waals surface area (Å²) in [5, 5.41) is 0. The van der Waals surface area contributed by atoms with E-state index in [1.165, 1.54) is 0 Å². The lowest BCUT2D eigenvalue weighted by Crippen LogP contribution is -2.14. The molecule has 0 saturated heterocycles. The highest BCUT2D eigenvalue weighted by Crippen LogP contribution is 2.00. The van der Waals surface area contributed by atoms with E-state index >= 15 is 0 Å². The molecule has 0 aliphatic heterocycles. The molecule has 0 bridgehead atoms. The zero-order chi connectivity index (χ0) is 17.3. The maximum atomic E-state index is 11.6. The van der Waals surface area contributed by atoms with Crippen LogP contribution in [0.5, 0.6) is 0 Å². The van der Waals surface area contributed by atoms with Crippen LogP contribution in [0.15, 0.2) is 30.3 Å². The molecule has 0 atom stereocenters. The van der Waals surface area contributed by atoms with Gasteiger partial charge in [0.05, 0.1) is 51.8 Å². The minimum atomic E-state index is -0.348. The first-order chi connectivity index (χ1) is 11.8. The SMILES string of the molecule is C#CCOCCOCCOCCOCCOC(=O)c1ccccc1. The lowest BCUT2D eigenvalue weighted by molar-refractivity contribution is -0.00694. The van der Waals surface area contributed by atoms with Gasteiger partial charge in [0.2, 0.25) is 0 Å². The maximum absolute atomic E-state index is 11.6. The molecule has 0 saturated carbocycles. The number of carbonyl (C=O) groups is 1. The van der Waals surface area contributed by atoms with Gasteiger partial charge in [0, 0.05) is 0 Å². The lowest BCUT2D eigenvalue weighted by atomic mass is 10.2. The lowest BCUT2D eigenvalue weighted by Gasteiger charge is -2.07. The van der Waals surface area contributed by atoms with E-state index in [9.17, 15) is 4.79 Å². The number of ether oxygens (including phenoxy) is 5. The Labute approximate surface area is 143 Å². The van der Waals surface area contributed by atoms with Crippen LogP contribution in [0.2, 0.25) is 0 Å². The van der Waals surface area contributed by atoms with Crippen molar-refractivity contribution in [3.05, 3.63) is 35.9 Å². The molecule has 6 nitrogen and oxygen atoms in total. The van der Waals surface area contributed by atoms with E-state index < -0.39 is 0 Å². The Bertz CT molecular complexity index is 468. The van der Waals surface area contributed by atoms with Gasteiger partial charge < -0.3 is 23.7 Å². The second kappa shape index (κ2) is 14.7. The predicted molar refractivity (Wildman–Crippen MR) is 88.8 cm³/mol. The first-order valence-electron chi connectivity index (χ1n) is 7.81. The third-order valence-corrected chi connectivity index (χ3v) is 2.77. The van der Waals surface area contributed by atoms with Gasteiger partial charge in [-0.25, -0.2) is 4.79 Å². The molecule has 0 spiro atoms. The standard InChI is InChI=1S/C18H24O6/c1-2-8-20-9-10-21-11-12-22-13-14-23-15-16-24-18(19)17-6-4-3-5-7-17/h1,3-7H,8-16H2. The minimum Gasteiger partial charge on any atom is -0.460 e. The molecular formula is C18H24O6. The van der Waals surface area contributed by atoms with Crippen LogP contribution in [0.25, 0.3) is 0 Å². The Morgan fingerprint density at radius 1 is 0.792 bits per heavy atom. The highest BCUT2D eigenvalue weighted by atomic mass is 16.6. The molecule has 132 valence electrons. The zero-order valence-corrected chi connectivity index (χ0v) is 13.8. The Morgan fingerprint density at radius 3 is 1.83 bits per heavy atom. The molecule has 0 radical (unpaired) electrons. The van der Waals surface area contributed by atoms with Crippen LogP contribution in [0.1, 0.15) is 10.4 Å². The predicted octanol–water partition coefficient (Wildman–Crippen LogP) is 1.54. The van der Waals surface area contributed by atoms with Gasteiger partial charge in [-0.1, -0.05) is 24.1 Å². The van der Waals surface area contributed by atoms with E-state index in [4.69, 9.17) is 30.1 Å². The first-order valence-corrected chi connectivity index (χ1v) is 7.81. The summed E-state index contributed by atoms with van der Waals surface area (Å²) in [5.41, 5.74) is 0.533. The van der Waals surface area contributed by atoms with Gasteiger partial charge in [0.25, 0.3) is 0 Å². The smallest absolute Gasteiger partial charge is 0.338 e. The molecule has 0 heterocycles. The molecule has 0 N–H and O–H groups in total. The molecule has 1 aromatic rings. The summed E-state index contributed by atoms with van der Waals surface area (Å²) in [5.74, 6) is 2.03. The summed E-state index contributed by atoms with van der Waals surface area (Å²) >= 11 is 0. The fraction of sp³-hybridized carbons (Fsp3) is 0.500. The number of hydrogen-bond acceptors (Lipinski definition) is 6. The van der Waals surface area contributed by atoms with Gasteiger partial charge >= 0.3 is 5.97 Å². The first kappa shape index (κ1) is 20.1. The molecule has 0 aromatic heterocycles.